The molecule has 136 valence electrons. The Morgan fingerprint density at radius 1 is 1.27 bits per heavy atom. The molecule has 2 N–H and O–H groups in total. The molecule has 3 aromatic rings. The van der Waals surface area contributed by atoms with E-state index in [9.17, 15) is 8.78 Å². The number of hydrogen-bond acceptors (Lipinski definition) is 6. The molecule has 26 heavy (non-hydrogen) atoms. The zero-order chi connectivity index (χ0) is 18.7. The molecule has 0 unspecified atom stereocenters. The number of halogens is 2. The smallest absolute Gasteiger partial charge is 0.256 e. The molecule has 8 nitrogen and oxygen atoms in total. The van der Waals surface area contributed by atoms with Gasteiger partial charge in [-0.2, -0.15) is 0 Å². The number of nitrogens with one attached hydrogen (secondary N) is 1. The summed E-state index contributed by atoms with van der Waals surface area (Å²) in [5.74, 6) is -1.62. The van der Waals surface area contributed by atoms with Gasteiger partial charge in [-0.1, -0.05) is 5.21 Å². The van der Waals surface area contributed by atoms with Crippen molar-refractivity contribution in [1.82, 2.24) is 29.9 Å². The van der Waals surface area contributed by atoms with E-state index in [0.717, 1.165) is 12.1 Å². The van der Waals surface area contributed by atoms with Gasteiger partial charge in [0.2, 0.25) is 0 Å². The zero-order valence-corrected chi connectivity index (χ0v) is 14.4. The molecule has 0 radical (unpaired) electrons. The Labute approximate surface area is 152 Å². The second-order valence-electron chi connectivity index (χ2n) is 5.19. The van der Waals surface area contributed by atoms with E-state index >= 15 is 0 Å². The van der Waals surface area contributed by atoms with E-state index in [1.807, 2.05) is 0 Å². The van der Waals surface area contributed by atoms with Crippen molar-refractivity contribution >= 4 is 17.4 Å². The van der Waals surface area contributed by atoms with E-state index in [-0.39, 0.29) is 29.7 Å². The Kier molecular flexibility index (Phi) is 5.19. The second-order valence-corrected chi connectivity index (χ2v) is 5.56. The lowest BCUT2D eigenvalue weighted by Gasteiger charge is -2.08. The maximum absolute atomic E-state index is 14.4. The van der Waals surface area contributed by atoms with Crippen molar-refractivity contribution in [3.8, 4) is 11.4 Å². The van der Waals surface area contributed by atoms with Crippen LogP contribution in [-0.2, 0) is 17.9 Å². The Balaban J connectivity index is 1.86. The molecule has 0 spiro atoms. The van der Waals surface area contributed by atoms with Crippen LogP contribution in [0.2, 0.25) is 0 Å². The number of imidazole rings is 1. The normalized spacial score (nSPS) is 10.8. The van der Waals surface area contributed by atoms with Crippen LogP contribution in [0.15, 0.2) is 30.9 Å². The summed E-state index contributed by atoms with van der Waals surface area (Å²) < 4.78 is 36.1. The molecule has 0 atom stereocenters. The molecule has 2 aromatic heterocycles. The van der Waals surface area contributed by atoms with Crippen LogP contribution in [0.1, 0.15) is 11.4 Å². The number of benzene rings is 1. The molecule has 0 aliphatic heterocycles. The molecule has 0 bridgehead atoms. The number of nitrogens with zero attached hydrogens (tertiary/aromatic N) is 5. The van der Waals surface area contributed by atoms with Crippen LogP contribution < -0.4 is 5.32 Å². The standard InChI is InChI=1S/C15H14F2N6O2S/c1-25-15(26)18-4-9-6-23(21-20-9)11-2-12(16)14(13(17)3-11)22-5-10(7-24)19-8-22/h2-3,5-6,8,24H,4,7H2,1H3,(H,18,26). The van der Waals surface area contributed by atoms with Gasteiger partial charge < -0.3 is 19.7 Å². The first kappa shape index (κ1) is 17.9. The summed E-state index contributed by atoms with van der Waals surface area (Å²) in [6, 6.07) is 2.26. The van der Waals surface area contributed by atoms with Gasteiger partial charge in [-0.3, -0.25) is 0 Å². The molecule has 11 heteroatoms. The quantitative estimate of drug-likeness (QED) is 0.644. The van der Waals surface area contributed by atoms with Gasteiger partial charge in [0, 0.05) is 18.3 Å². The molecule has 0 saturated carbocycles. The summed E-state index contributed by atoms with van der Waals surface area (Å²) in [6.45, 7) is -0.0642. The van der Waals surface area contributed by atoms with Gasteiger partial charge in [-0.05, 0) is 12.2 Å². The van der Waals surface area contributed by atoms with Crippen LogP contribution in [-0.4, -0.2) is 41.9 Å². The average Bonchev–Trinajstić information content (AvgIpc) is 3.28. The average molecular weight is 380 g/mol. The van der Waals surface area contributed by atoms with Gasteiger partial charge in [-0.15, -0.1) is 5.10 Å². The van der Waals surface area contributed by atoms with Crippen LogP contribution in [0.25, 0.3) is 11.4 Å². The van der Waals surface area contributed by atoms with Crippen LogP contribution >= 0.6 is 12.2 Å². The minimum absolute atomic E-state index is 0.166. The molecule has 0 saturated heterocycles. The van der Waals surface area contributed by atoms with Gasteiger partial charge >= 0.3 is 0 Å². The summed E-state index contributed by atoms with van der Waals surface area (Å²) in [4.78, 5) is 3.84. The highest BCUT2D eigenvalue weighted by molar-refractivity contribution is 7.80. The SMILES string of the molecule is COC(=S)NCc1cn(-c2cc(F)c(-n3cnc(CO)c3)c(F)c2)nn1. The minimum atomic E-state index is -0.808. The molecule has 1 aromatic carbocycles. The lowest BCUT2D eigenvalue weighted by atomic mass is 10.2. The zero-order valence-electron chi connectivity index (χ0n) is 13.6. The van der Waals surface area contributed by atoms with Crippen LogP contribution in [0.5, 0.6) is 0 Å². The fraction of sp³-hybridized carbons (Fsp3) is 0.200. The van der Waals surface area contributed by atoms with E-state index in [1.54, 1.807) is 0 Å². The van der Waals surface area contributed by atoms with Crippen molar-refractivity contribution in [2.75, 3.05) is 7.11 Å². The summed E-state index contributed by atoms with van der Waals surface area (Å²) in [5, 5.41) is 19.8. The van der Waals surface area contributed by atoms with Crippen molar-refractivity contribution in [2.45, 2.75) is 13.2 Å². The number of methoxy groups -OCH3 is 1. The van der Waals surface area contributed by atoms with E-state index in [1.165, 1.54) is 35.1 Å². The Bertz CT molecular complexity index is 919. The maximum atomic E-state index is 14.4. The molecule has 0 amide bonds. The number of hydrogen-bond donors (Lipinski definition) is 2. The molecule has 3 rings (SSSR count). The predicted molar refractivity (Wildman–Crippen MR) is 90.8 cm³/mol. The number of aliphatic hydroxyl groups is 1. The number of ether oxygens (including phenoxy) is 1. The molecule has 0 fully saturated rings. The molecular formula is C15H14F2N6O2S. The van der Waals surface area contributed by atoms with Crippen molar-refractivity contribution in [3.63, 3.8) is 0 Å². The lowest BCUT2D eigenvalue weighted by Crippen LogP contribution is -2.22. The highest BCUT2D eigenvalue weighted by Crippen LogP contribution is 2.22. The third-order valence-electron chi connectivity index (χ3n) is 3.46. The Morgan fingerprint density at radius 2 is 2.00 bits per heavy atom. The van der Waals surface area contributed by atoms with Crippen molar-refractivity contribution in [3.05, 3.63) is 53.9 Å². The van der Waals surface area contributed by atoms with Gasteiger partial charge in [0.15, 0.2) is 11.6 Å². The number of rotatable bonds is 5. The largest absolute Gasteiger partial charge is 0.474 e. The minimum Gasteiger partial charge on any atom is -0.474 e. The highest BCUT2D eigenvalue weighted by Gasteiger charge is 2.15. The molecule has 0 aliphatic rings. The molecular weight excluding hydrogens is 366 g/mol. The monoisotopic (exact) mass is 380 g/mol. The maximum Gasteiger partial charge on any atom is 0.256 e. The summed E-state index contributed by atoms with van der Waals surface area (Å²) in [5.41, 5.74) is 0.680. The van der Waals surface area contributed by atoms with Crippen LogP contribution in [0, 0.1) is 11.6 Å². The summed E-state index contributed by atoms with van der Waals surface area (Å²) in [6.07, 6.45) is 4.09. The van der Waals surface area contributed by atoms with E-state index < -0.39 is 11.6 Å². The third-order valence-corrected chi connectivity index (χ3v) is 3.77. The van der Waals surface area contributed by atoms with Gasteiger partial charge in [0.25, 0.3) is 5.17 Å². The fourth-order valence-corrected chi connectivity index (χ4v) is 2.31. The molecule has 0 aliphatic carbocycles. The second kappa shape index (κ2) is 7.54. The van der Waals surface area contributed by atoms with E-state index in [0.29, 0.717) is 11.4 Å². The Morgan fingerprint density at radius 3 is 2.62 bits per heavy atom. The van der Waals surface area contributed by atoms with E-state index in [2.05, 4.69) is 20.6 Å². The summed E-state index contributed by atoms with van der Waals surface area (Å²) >= 11 is 4.85. The topological polar surface area (TPSA) is 90.0 Å². The van der Waals surface area contributed by atoms with Gasteiger partial charge in [0.1, 0.15) is 11.4 Å². The summed E-state index contributed by atoms with van der Waals surface area (Å²) in [7, 11) is 1.43. The van der Waals surface area contributed by atoms with Gasteiger partial charge in [-0.25, -0.2) is 18.4 Å². The predicted octanol–water partition coefficient (Wildman–Crippen LogP) is 1.24. The molecule has 2 heterocycles. The number of thiocarbonyl (C=S) groups is 1. The van der Waals surface area contributed by atoms with Crippen LogP contribution in [0.3, 0.4) is 0 Å². The first-order valence-electron chi connectivity index (χ1n) is 7.38. The van der Waals surface area contributed by atoms with Crippen molar-refractivity contribution in [1.29, 1.82) is 0 Å². The first-order chi connectivity index (χ1) is 12.5. The first-order valence-corrected chi connectivity index (χ1v) is 7.79. The van der Waals surface area contributed by atoms with Crippen molar-refractivity contribution < 1.29 is 18.6 Å². The fourth-order valence-electron chi connectivity index (χ4n) is 2.24. The lowest BCUT2D eigenvalue weighted by molar-refractivity contribution is 0.277. The van der Waals surface area contributed by atoms with Crippen LogP contribution in [0.4, 0.5) is 8.78 Å². The Hall–Kier alpha value is -2.92. The van der Waals surface area contributed by atoms with Gasteiger partial charge in [0.05, 0.1) is 44.2 Å². The highest BCUT2D eigenvalue weighted by atomic mass is 32.1. The third kappa shape index (κ3) is 3.68. The van der Waals surface area contributed by atoms with Crippen molar-refractivity contribution in [2.24, 2.45) is 0 Å². The number of aromatic nitrogens is 5. The number of aliphatic hydroxyl groups excluding tert-OH is 1. The van der Waals surface area contributed by atoms with E-state index in [4.69, 9.17) is 22.1 Å².